The number of halogens is 1. The van der Waals surface area contributed by atoms with E-state index in [0.717, 1.165) is 14.9 Å². The molecule has 2 aromatic rings. The van der Waals surface area contributed by atoms with Crippen molar-refractivity contribution in [1.29, 1.82) is 0 Å². The first-order chi connectivity index (χ1) is 8.06. The van der Waals surface area contributed by atoms with Crippen LogP contribution in [0.4, 0.5) is 0 Å². The van der Waals surface area contributed by atoms with Gasteiger partial charge in [-0.15, -0.1) is 11.3 Å². The molecule has 1 aromatic heterocycles. The van der Waals surface area contributed by atoms with Crippen LogP contribution in [-0.4, -0.2) is 10.8 Å². The minimum absolute atomic E-state index is 0.0218. The fraction of sp³-hybridized carbons (Fsp3) is 0.167. The molecule has 17 heavy (non-hydrogen) atoms. The lowest BCUT2D eigenvalue weighted by Crippen LogP contribution is -1.91. The van der Waals surface area contributed by atoms with Gasteiger partial charge < -0.3 is 0 Å². The van der Waals surface area contributed by atoms with Gasteiger partial charge in [-0.3, -0.25) is 4.79 Å². The molecule has 0 aliphatic rings. The van der Waals surface area contributed by atoms with E-state index >= 15 is 0 Å². The predicted octanol–water partition coefficient (Wildman–Crippen LogP) is 4.46. The first-order valence-corrected chi connectivity index (χ1v) is 7.04. The number of benzene rings is 1. The second-order valence-electron chi connectivity index (χ2n) is 3.56. The van der Waals surface area contributed by atoms with Gasteiger partial charge in [0.1, 0.15) is 0 Å². The maximum absolute atomic E-state index is 11.2. The molecule has 1 aromatic carbocycles. The standard InChI is InChI=1S/C12H10ClNOS2/c1-7-6-16-12(14-7)17-11-4-3-9(8(2)15)5-10(11)13/h3-6H,1-2H3. The van der Waals surface area contributed by atoms with Crippen molar-refractivity contribution in [1.82, 2.24) is 4.98 Å². The van der Waals surface area contributed by atoms with Crippen LogP contribution in [0.3, 0.4) is 0 Å². The molecular weight excluding hydrogens is 274 g/mol. The average Bonchev–Trinajstić information content (AvgIpc) is 2.67. The number of nitrogens with zero attached hydrogens (tertiary/aromatic N) is 1. The van der Waals surface area contributed by atoms with Crippen LogP contribution in [0.15, 0.2) is 32.8 Å². The molecule has 0 saturated carbocycles. The Balaban J connectivity index is 2.25. The summed E-state index contributed by atoms with van der Waals surface area (Å²) in [5.74, 6) is 0.0218. The summed E-state index contributed by atoms with van der Waals surface area (Å²) in [5, 5.41) is 2.59. The van der Waals surface area contributed by atoms with E-state index in [1.807, 2.05) is 18.4 Å². The molecule has 0 aliphatic heterocycles. The summed E-state index contributed by atoms with van der Waals surface area (Å²) >= 11 is 9.24. The Labute approximate surface area is 113 Å². The highest BCUT2D eigenvalue weighted by molar-refractivity contribution is 8.01. The average molecular weight is 284 g/mol. The fourth-order valence-corrected chi connectivity index (χ4v) is 3.37. The van der Waals surface area contributed by atoms with Crippen molar-refractivity contribution < 1.29 is 4.79 Å². The van der Waals surface area contributed by atoms with Gasteiger partial charge in [0.15, 0.2) is 10.1 Å². The Morgan fingerprint density at radius 1 is 1.47 bits per heavy atom. The van der Waals surface area contributed by atoms with Crippen molar-refractivity contribution >= 4 is 40.5 Å². The minimum atomic E-state index is 0.0218. The molecule has 0 N–H and O–H groups in total. The van der Waals surface area contributed by atoms with Gasteiger partial charge >= 0.3 is 0 Å². The van der Waals surface area contributed by atoms with Crippen LogP contribution in [-0.2, 0) is 0 Å². The third-order valence-electron chi connectivity index (χ3n) is 2.13. The van der Waals surface area contributed by atoms with Crippen LogP contribution >= 0.6 is 34.7 Å². The topological polar surface area (TPSA) is 30.0 Å². The number of hydrogen-bond donors (Lipinski definition) is 0. The molecule has 5 heteroatoms. The van der Waals surface area contributed by atoms with Crippen LogP contribution < -0.4 is 0 Å². The van der Waals surface area contributed by atoms with E-state index in [9.17, 15) is 4.79 Å². The molecule has 1 heterocycles. The maximum atomic E-state index is 11.2. The molecule has 0 radical (unpaired) electrons. The van der Waals surface area contributed by atoms with Crippen molar-refractivity contribution in [2.45, 2.75) is 23.1 Å². The summed E-state index contributed by atoms with van der Waals surface area (Å²) in [4.78, 5) is 16.5. The zero-order chi connectivity index (χ0) is 12.4. The van der Waals surface area contributed by atoms with Gasteiger partial charge in [-0.1, -0.05) is 29.4 Å². The summed E-state index contributed by atoms with van der Waals surface area (Å²) in [6.07, 6.45) is 0. The number of aryl methyl sites for hydroxylation is 1. The molecular formula is C12H10ClNOS2. The third-order valence-corrected chi connectivity index (χ3v) is 4.69. The predicted molar refractivity (Wildman–Crippen MR) is 72.4 cm³/mol. The summed E-state index contributed by atoms with van der Waals surface area (Å²) < 4.78 is 0.958. The summed E-state index contributed by atoms with van der Waals surface area (Å²) in [6.45, 7) is 3.49. The number of Topliss-reactive ketones (excluding diaryl/α,β-unsaturated/α-hetero) is 1. The van der Waals surface area contributed by atoms with Crippen molar-refractivity contribution in [2.75, 3.05) is 0 Å². The zero-order valence-corrected chi connectivity index (χ0v) is 11.7. The second kappa shape index (κ2) is 5.21. The molecule has 88 valence electrons. The van der Waals surface area contributed by atoms with E-state index in [4.69, 9.17) is 11.6 Å². The molecule has 0 spiro atoms. The first-order valence-electron chi connectivity index (χ1n) is 4.97. The number of thiazole rings is 1. The number of carbonyl (C=O) groups is 1. The summed E-state index contributed by atoms with van der Waals surface area (Å²) in [7, 11) is 0. The smallest absolute Gasteiger partial charge is 0.159 e. The van der Waals surface area contributed by atoms with E-state index in [-0.39, 0.29) is 5.78 Å². The van der Waals surface area contributed by atoms with E-state index in [0.29, 0.717) is 10.6 Å². The Morgan fingerprint density at radius 3 is 2.76 bits per heavy atom. The fourth-order valence-electron chi connectivity index (χ4n) is 1.28. The van der Waals surface area contributed by atoms with Gasteiger partial charge in [0.05, 0.1) is 5.02 Å². The van der Waals surface area contributed by atoms with Gasteiger partial charge in [0, 0.05) is 21.5 Å². The SMILES string of the molecule is CC(=O)c1ccc(Sc2nc(C)cs2)c(Cl)c1. The molecule has 0 aliphatic carbocycles. The maximum Gasteiger partial charge on any atom is 0.159 e. The molecule has 0 unspecified atom stereocenters. The molecule has 0 saturated heterocycles. The van der Waals surface area contributed by atoms with E-state index in [2.05, 4.69) is 4.98 Å². The first kappa shape index (κ1) is 12.6. The molecule has 2 nitrogen and oxygen atoms in total. The number of rotatable bonds is 3. The Hall–Kier alpha value is -0.840. The van der Waals surface area contributed by atoms with Crippen LogP contribution in [0.1, 0.15) is 23.0 Å². The summed E-state index contributed by atoms with van der Waals surface area (Å²) in [5.41, 5.74) is 1.64. The van der Waals surface area contributed by atoms with Crippen molar-refractivity contribution in [2.24, 2.45) is 0 Å². The quantitative estimate of drug-likeness (QED) is 0.779. The lowest BCUT2D eigenvalue weighted by atomic mass is 10.1. The molecule has 0 fully saturated rings. The highest BCUT2D eigenvalue weighted by Crippen LogP contribution is 2.35. The van der Waals surface area contributed by atoms with Gasteiger partial charge in [-0.25, -0.2) is 4.98 Å². The second-order valence-corrected chi connectivity index (χ2v) is 6.11. The number of carbonyl (C=O) groups excluding carboxylic acids is 1. The molecule has 2 rings (SSSR count). The highest BCUT2D eigenvalue weighted by Gasteiger charge is 2.08. The van der Waals surface area contributed by atoms with Crippen LogP contribution in [0, 0.1) is 6.92 Å². The van der Waals surface area contributed by atoms with Crippen LogP contribution in [0.2, 0.25) is 5.02 Å². The third kappa shape index (κ3) is 3.09. The summed E-state index contributed by atoms with van der Waals surface area (Å²) in [6, 6.07) is 5.35. The molecule has 0 bridgehead atoms. The monoisotopic (exact) mass is 283 g/mol. The Morgan fingerprint density at radius 2 is 2.24 bits per heavy atom. The van der Waals surface area contributed by atoms with Crippen LogP contribution in [0.5, 0.6) is 0 Å². The van der Waals surface area contributed by atoms with Crippen LogP contribution in [0.25, 0.3) is 0 Å². The lowest BCUT2D eigenvalue weighted by molar-refractivity contribution is 0.101. The molecule has 0 amide bonds. The van der Waals surface area contributed by atoms with Crippen molar-refractivity contribution in [3.8, 4) is 0 Å². The zero-order valence-electron chi connectivity index (χ0n) is 9.36. The Bertz CT molecular complexity index is 565. The largest absolute Gasteiger partial charge is 0.295 e. The van der Waals surface area contributed by atoms with Gasteiger partial charge in [-0.2, -0.15) is 0 Å². The van der Waals surface area contributed by atoms with E-state index in [1.165, 1.54) is 18.7 Å². The highest BCUT2D eigenvalue weighted by atomic mass is 35.5. The van der Waals surface area contributed by atoms with Gasteiger partial charge in [0.2, 0.25) is 0 Å². The number of ketones is 1. The van der Waals surface area contributed by atoms with Crippen molar-refractivity contribution in [3.05, 3.63) is 39.9 Å². The number of aromatic nitrogens is 1. The van der Waals surface area contributed by atoms with Gasteiger partial charge in [-0.05, 0) is 26.0 Å². The van der Waals surface area contributed by atoms with Gasteiger partial charge in [0.25, 0.3) is 0 Å². The van der Waals surface area contributed by atoms with E-state index < -0.39 is 0 Å². The molecule has 0 atom stereocenters. The minimum Gasteiger partial charge on any atom is -0.295 e. The normalized spacial score (nSPS) is 10.5. The lowest BCUT2D eigenvalue weighted by Gasteiger charge is -2.03. The van der Waals surface area contributed by atoms with E-state index in [1.54, 1.807) is 23.5 Å². The number of hydrogen-bond acceptors (Lipinski definition) is 4. The van der Waals surface area contributed by atoms with Crippen molar-refractivity contribution in [3.63, 3.8) is 0 Å². The Kier molecular flexibility index (Phi) is 3.86.